The molecule has 0 saturated carbocycles. The lowest BCUT2D eigenvalue weighted by Crippen LogP contribution is -2.47. The van der Waals surface area contributed by atoms with Crippen LogP contribution in [-0.4, -0.2) is 53.1 Å². The second-order valence-electron chi connectivity index (χ2n) is 3.82. The van der Waals surface area contributed by atoms with E-state index in [1.807, 2.05) is 0 Å². The average Bonchev–Trinajstić information content (AvgIpc) is 2.28. The minimum atomic E-state index is 0.451. The largest absolute Gasteiger partial charge is 0.383 e. The summed E-state index contributed by atoms with van der Waals surface area (Å²) in [5.74, 6) is 1.17. The number of nitrogens with one attached hydrogen (secondary N) is 1. The van der Waals surface area contributed by atoms with E-state index in [1.165, 1.54) is 6.33 Å². The van der Waals surface area contributed by atoms with Gasteiger partial charge in [-0.2, -0.15) is 0 Å². The first kappa shape index (κ1) is 11.6. The van der Waals surface area contributed by atoms with Gasteiger partial charge in [-0.15, -0.1) is 0 Å². The smallest absolute Gasteiger partial charge is 0.160 e. The molecule has 6 nitrogen and oxygen atoms in total. The summed E-state index contributed by atoms with van der Waals surface area (Å²) in [5, 5.41) is 2.13. The summed E-state index contributed by atoms with van der Waals surface area (Å²) >= 11 is 3.37. The number of nitrogens with two attached hydrogens (primary N) is 1. The topological polar surface area (TPSA) is 70.3 Å². The van der Waals surface area contributed by atoms with Crippen LogP contribution in [0.2, 0.25) is 0 Å². The van der Waals surface area contributed by atoms with Crippen LogP contribution in [0.3, 0.4) is 0 Å². The molecular formula is C9H15BrN6. The SMILES string of the molecule is CN1CCN(Nc2ncnc(N)c2Br)CC1. The summed E-state index contributed by atoms with van der Waals surface area (Å²) in [5.41, 5.74) is 8.92. The van der Waals surface area contributed by atoms with Crippen molar-refractivity contribution in [3.8, 4) is 0 Å². The molecule has 2 heterocycles. The molecule has 0 aromatic carbocycles. The van der Waals surface area contributed by atoms with E-state index in [0.29, 0.717) is 10.3 Å². The standard InChI is InChI=1S/C9H15BrN6/c1-15-2-4-16(5-3-15)14-9-7(10)8(11)12-6-13-9/h6H,2-5H2,1H3,(H3,11,12,13,14). The van der Waals surface area contributed by atoms with E-state index in [-0.39, 0.29) is 0 Å². The molecule has 88 valence electrons. The number of nitrogen functional groups attached to an aromatic ring is 1. The molecule has 0 atom stereocenters. The van der Waals surface area contributed by atoms with Crippen LogP contribution in [0.15, 0.2) is 10.8 Å². The number of hydrogen-bond acceptors (Lipinski definition) is 6. The van der Waals surface area contributed by atoms with Gasteiger partial charge in [0.25, 0.3) is 0 Å². The van der Waals surface area contributed by atoms with E-state index in [2.05, 4.69) is 48.3 Å². The molecule has 0 unspecified atom stereocenters. The molecule has 1 aliphatic heterocycles. The maximum atomic E-state index is 5.68. The predicted octanol–water partition coefficient (Wildman–Crippen LogP) is 0.396. The van der Waals surface area contributed by atoms with Crippen molar-refractivity contribution in [2.45, 2.75) is 0 Å². The van der Waals surface area contributed by atoms with Gasteiger partial charge in [0.05, 0.1) is 0 Å². The van der Waals surface area contributed by atoms with E-state index >= 15 is 0 Å². The summed E-state index contributed by atoms with van der Waals surface area (Å²) in [6.45, 7) is 4.02. The molecule has 7 heteroatoms. The highest BCUT2D eigenvalue weighted by molar-refractivity contribution is 9.10. The van der Waals surface area contributed by atoms with E-state index < -0.39 is 0 Å². The molecule has 0 spiro atoms. The number of aromatic nitrogens is 2. The molecule has 16 heavy (non-hydrogen) atoms. The van der Waals surface area contributed by atoms with Crippen LogP contribution in [-0.2, 0) is 0 Å². The van der Waals surface area contributed by atoms with Gasteiger partial charge in [-0.1, -0.05) is 0 Å². The van der Waals surface area contributed by atoms with Gasteiger partial charge in [-0.05, 0) is 23.0 Å². The monoisotopic (exact) mass is 286 g/mol. The molecule has 0 bridgehead atoms. The van der Waals surface area contributed by atoms with Crippen LogP contribution < -0.4 is 11.2 Å². The summed E-state index contributed by atoms with van der Waals surface area (Å²) in [6, 6.07) is 0. The van der Waals surface area contributed by atoms with Gasteiger partial charge in [-0.25, -0.2) is 15.0 Å². The minimum Gasteiger partial charge on any atom is -0.383 e. The number of halogens is 1. The fourth-order valence-electron chi connectivity index (χ4n) is 1.53. The first-order valence-corrected chi connectivity index (χ1v) is 5.92. The molecule has 3 N–H and O–H groups in total. The quantitative estimate of drug-likeness (QED) is 0.820. The zero-order chi connectivity index (χ0) is 11.5. The molecule has 1 fully saturated rings. The van der Waals surface area contributed by atoms with Gasteiger partial charge < -0.3 is 16.1 Å². The molecular weight excluding hydrogens is 272 g/mol. The van der Waals surface area contributed by atoms with Crippen molar-refractivity contribution in [3.05, 3.63) is 10.8 Å². The molecule has 1 aliphatic rings. The highest BCUT2D eigenvalue weighted by Gasteiger charge is 2.15. The third-order valence-corrected chi connectivity index (χ3v) is 3.37. The molecule has 1 aromatic heterocycles. The normalized spacial score (nSPS) is 18.6. The van der Waals surface area contributed by atoms with Crippen LogP contribution in [0.1, 0.15) is 0 Å². The molecule has 1 aromatic rings. The number of nitrogens with zero attached hydrogens (tertiary/aromatic N) is 4. The van der Waals surface area contributed by atoms with Crippen LogP contribution in [0.25, 0.3) is 0 Å². The maximum absolute atomic E-state index is 5.68. The first-order valence-electron chi connectivity index (χ1n) is 5.13. The number of hydrazine groups is 1. The molecule has 0 aliphatic carbocycles. The predicted molar refractivity (Wildman–Crippen MR) is 66.8 cm³/mol. The highest BCUT2D eigenvalue weighted by atomic mass is 79.9. The van der Waals surface area contributed by atoms with Crippen LogP contribution in [0.4, 0.5) is 11.6 Å². The van der Waals surface area contributed by atoms with Crippen molar-refractivity contribution in [2.75, 3.05) is 44.4 Å². The summed E-state index contributed by atoms with van der Waals surface area (Å²) < 4.78 is 0.717. The third kappa shape index (κ3) is 2.60. The Morgan fingerprint density at radius 1 is 1.31 bits per heavy atom. The van der Waals surface area contributed by atoms with Gasteiger partial charge in [-0.3, -0.25) is 0 Å². The van der Waals surface area contributed by atoms with Crippen molar-refractivity contribution >= 4 is 27.6 Å². The van der Waals surface area contributed by atoms with Gasteiger partial charge in [0.15, 0.2) is 5.82 Å². The first-order chi connectivity index (χ1) is 7.66. The van der Waals surface area contributed by atoms with Crippen LogP contribution in [0, 0.1) is 0 Å². The van der Waals surface area contributed by atoms with Gasteiger partial charge in [0, 0.05) is 26.2 Å². The van der Waals surface area contributed by atoms with Gasteiger partial charge >= 0.3 is 0 Å². The number of rotatable bonds is 2. The Bertz CT molecular complexity index is 363. The minimum absolute atomic E-state index is 0.451. The Balaban J connectivity index is 2.01. The van der Waals surface area contributed by atoms with Crippen molar-refractivity contribution in [3.63, 3.8) is 0 Å². The molecule has 0 amide bonds. The maximum Gasteiger partial charge on any atom is 0.160 e. The number of piperazine rings is 1. The van der Waals surface area contributed by atoms with E-state index in [9.17, 15) is 0 Å². The van der Waals surface area contributed by atoms with Gasteiger partial charge in [0.2, 0.25) is 0 Å². The number of likely N-dealkylation sites (N-methyl/N-ethyl adjacent to an activating group) is 1. The highest BCUT2D eigenvalue weighted by Crippen LogP contribution is 2.24. The molecule has 0 radical (unpaired) electrons. The fourth-order valence-corrected chi connectivity index (χ4v) is 1.82. The van der Waals surface area contributed by atoms with Crippen LogP contribution in [0.5, 0.6) is 0 Å². The lowest BCUT2D eigenvalue weighted by molar-refractivity contribution is 0.178. The van der Waals surface area contributed by atoms with E-state index in [1.54, 1.807) is 0 Å². The van der Waals surface area contributed by atoms with E-state index in [4.69, 9.17) is 5.73 Å². The second-order valence-corrected chi connectivity index (χ2v) is 4.62. The average molecular weight is 287 g/mol. The fraction of sp³-hybridized carbons (Fsp3) is 0.556. The second kappa shape index (κ2) is 4.94. The lowest BCUT2D eigenvalue weighted by Gasteiger charge is -2.32. The number of anilines is 2. The van der Waals surface area contributed by atoms with Crippen molar-refractivity contribution in [1.82, 2.24) is 19.9 Å². The van der Waals surface area contributed by atoms with Gasteiger partial charge in [0.1, 0.15) is 16.6 Å². The van der Waals surface area contributed by atoms with Crippen molar-refractivity contribution in [1.29, 1.82) is 0 Å². The lowest BCUT2D eigenvalue weighted by atomic mass is 10.4. The Kier molecular flexibility index (Phi) is 3.57. The molecule has 1 saturated heterocycles. The Labute approximate surface area is 103 Å². The molecule has 2 rings (SSSR count). The van der Waals surface area contributed by atoms with Crippen LogP contribution >= 0.6 is 15.9 Å². The Morgan fingerprint density at radius 2 is 2.00 bits per heavy atom. The van der Waals surface area contributed by atoms with Crippen molar-refractivity contribution < 1.29 is 0 Å². The Morgan fingerprint density at radius 3 is 2.69 bits per heavy atom. The summed E-state index contributed by atoms with van der Waals surface area (Å²) in [4.78, 5) is 10.3. The third-order valence-electron chi connectivity index (χ3n) is 2.58. The number of hydrogen-bond donors (Lipinski definition) is 2. The van der Waals surface area contributed by atoms with Crippen molar-refractivity contribution in [2.24, 2.45) is 0 Å². The Hall–Kier alpha value is -0.920. The summed E-state index contributed by atoms with van der Waals surface area (Å²) in [6.07, 6.45) is 1.46. The van der Waals surface area contributed by atoms with E-state index in [0.717, 1.165) is 32.0 Å². The zero-order valence-electron chi connectivity index (χ0n) is 9.15. The zero-order valence-corrected chi connectivity index (χ0v) is 10.7. The summed E-state index contributed by atoms with van der Waals surface area (Å²) in [7, 11) is 2.12.